The molecule has 7 nitrogen and oxygen atoms in total. The standard InChI is InChI=1S/C18H25FN4O3/c1-20-17(24)14-3-4-15(16(19)21-14)23-7-5-22(6-8-23)11-12-9-13(10-12)18(25)26-2/h3-4,12-13H,5-11H2,1-2H3,(H,20,24). The summed E-state index contributed by atoms with van der Waals surface area (Å²) in [5, 5.41) is 2.44. The van der Waals surface area contributed by atoms with Gasteiger partial charge in [0.05, 0.1) is 18.7 Å². The van der Waals surface area contributed by atoms with E-state index in [2.05, 4.69) is 15.2 Å². The molecule has 1 aromatic heterocycles. The summed E-state index contributed by atoms with van der Waals surface area (Å²) in [4.78, 5) is 31.1. The van der Waals surface area contributed by atoms with Gasteiger partial charge in [-0.15, -0.1) is 0 Å². The van der Waals surface area contributed by atoms with Crippen molar-refractivity contribution in [2.75, 3.05) is 51.8 Å². The van der Waals surface area contributed by atoms with Gasteiger partial charge in [-0.3, -0.25) is 14.5 Å². The Morgan fingerprint density at radius 2 is 1.96 bits per heavy atom. The molecule has 0 radical (unpaired) electrons. The number of esters is 1. The average Bonchev–Trinajstić information content (AvgIpc) is 2.63. The SMILES string of the molecule is CNC(=O)c1ccc(N2CCN(CC3CC(C(=O)OC)C3)CC2)c(F)n1. The van der Waals surface area contributed by atoms with E-state index in [0.29, 0.717) is 24.7 Å². The molecule has 1 amide bonds. The normalized spacial score (nSPS) is 23.3. The summed E-state index contributed by atoms with van der Waals surface area (Å²) in [6.07, 6.45) is 1.79. The maximum Gasteiger partial charge on any atom is 0.308 e. The van der Waals surface area contributed by atoms with Crippen molar-refractivity contribution in [3.63, 3.8) is 0 Å². The molecule has 0 unspecified atom stereocenters. The summed E-state index contributed by atoms with van der Waals surface area (Å²) in [5.41, 5.74) is 0.518. The zero-order valence-electron chi connectivity index (χ0n) is 15.2. The van der Waals surface area contributed by atoms with Crippen LogP contribution in [0.2, 0.25) is 0 Å². The summed E-state index contributed by atoms with van der Waals surface area (Å²) in [7, 11) is 2.93. The number of pyridine rings is 1. The molecule has 1 saturated carbocycles. The monoisotopic (exact) mass is 364 g/mol. The van der Waals surface area contributed by atoms with Crippen LogP contribution in [0.25, 0.3) is 0 Å². The van der Waals surface area contributed by atoms with Crippen molar-refractivity contribution in [3.8, 4) is 0 Å². The maximum absolute atomic E-state index is 14.3. The van der Waals surface area contributed by atoms with Crippen LogP contribution in [0.15, 0.2) is 12.1 Å². The van der Waals surface area contributed by atoms with Gasteiger partial charge in [-0.1, -0.05) is 0 Å². The Bertz CT molecular complexity index is 670. The first-order valence-electron chi connectivity index (χ1n) is 8.95. The summed E-state index contributed by atoms with van der Waals surface area (Å²) < 4.78 is 19.0. The van der Waals surface area contributed by atoms with Gasteiger partial charge in [0.1, 0.15) is 5.69 Å². The van der Waals surface area contributed by atoms with E-state index in [9.17, 15) is 14.0 Å². The Morgan fingerprint density at radius 1 is 1.27 bits per heavy atom. The van der Waals surface area contributed by atoms with Crippen molar-refractivity contribution in [2.24, 2.45) is 11.8 Å². The van der Waals surface area contributed by atoms with Crippen LogP contribution in [-0.2, 0) is 9.53 Å². The van der Waals surface area contributed by atoms with Crippen LogP contribution in [0.5, 0.6) is 0 Å². The summed E-state index contributed by atoms with van der Waals surface area (Å²) in [6.45, 7) is 4.08. The number of methoxy groups -OCH3 is 1. The fraction of sp³-hybridized carbons (Fsp3) is 0.611. The second kappa shape index (κ2) is 7.99. The van der Waals surface area contributed by atoms with Crippen molar-refractivity contribution >= 4 is 17.6 Å². The van der Waals surface area contributed by atoms with Gasteiger partial charge in [0.15, 0.2) is 0 Å². The van der Waals surface area contributed by atoms with Crippen LogP contribution in [0.4, 0.5) is 10.1 Å². The van der Waals surface area contributed by atoms with Gasteiger partial charge >= 0.3 is 5.97 Å². The Kier molecular flexibility index (Phi) is 5.70. The third kappa shape index (κ3) is 3.95. The molecule has 26 heavy (non-hydrogen) atoms. The molecule has 0 atom stereocenters. The molecule has 3 rings (SSSR count). The van der Waals surface area contributed by atoms with E-state index in [4.69, 9.17) is 4.74 Å². The Balaban J connectivity index is 1.48. The van der Waals surface area contributed by atoms with Crippen molar-refractivity contribution < 1.29 is 18.7 Å². The number of rotatable bonds is 5. The highest BCUT2D eigenvalue weighted by Gasteiger charge is 2.36. The van der Waals surface area contributed by atoms with E-state index in [1.54, 1.807) is 12.1 Å². The smallest absolute Gasteiger partial charge is 0.308 e. The molecule has 2 aliphatic rings. The number of carbonyl (C=O) groups is 2. The number of nitrogens with one attached hydrogen (secondary N) is 1. The minimum atomic E-state index is -0.612. The topological polar surface area (TPSA) is 74.8 Å². The van der Waals surface area contributed by atoms with Gasteiger partial charge < -0.3 is 15.0 Å². The van der Waals surface area contributed by atoms with E-state index < -0.39 is 11.9 Å². The highest BCUT2D eigenvalue weighted by Crippen LogP contribution is 2.35. The van der Waals surface area contributed by atoms with Gasteiger partial charge in [0, 0.05) is 39.8 Å². The van der Waals surface area contributed by atoms with Crippen LogP contribution < -0.4 is 10.2 Å². The van der Waals surface area contributed by atoms with Crippen LogP contribution in [0, 0.1) is 17.8 Å². The molecular weight excluding hydrogens is 339 g/mol. The zero-order valence-corrected chi connectivity index (χ0v) is 15.2. The largest absolute Gasteiger partial charge is 0.469 e. The number of aromatic nitrogens is 1. The fourth-order valence-electron chi connectivity index (χ4n) is 3.70. The Hall–Kier alpha value is -2.22. The summed E-state index contributed by atoms with van der Waals surface area (Å²) >= 11 is 0. The molecule has 142 valence electrons. The number of amides is 1. The highest BCUT2D eigenvalue weighted by molar-refractivity contribution is 5.92. The fourth-order valence-corrected chi connectivity index (χ4v) is 3.70. The van der Waals surface area contributed by atoms with Crippen LogP contribution in [0.1, 0.15) is 23.3 Å². The quantitative estimate of drug-likeness (QED) is 0.618. The molecule has 0 bridgehead atoms. The van der Waals surface area contributed by atoms with Gasteiger partial charge in [-0.2, -0.15) is 4.39 Å². The minimum absolute atomic E-state index is 0.0605. The number of hydrogen-bond donors (Lipinski definition) is 1. The molecule has 1 saturated heterocycles. The molecule has 1 aliphatic heterocycles. The number of hydrogen-bond acceptors (Lipinski definition) is 6. The first-order valence-corrected chi connectivity index (χ1v) is 8.95. The average molecular weight is 364 g/mol. The van der Waals surface area contributed by atoms with Crippen LogP contribution in [-0.4, -0.2) is 68.6 Å². The summed E-state index contributed by atoms with van der Waals surface area (Å²) in [6, 6.07) is 3.17. The van der Waals surface area contributed by atoms with E-state index >= 15 is 0 Å². The first kappa shape index (κ1) is 18.6. The predicted molar refractivity (Wildman–Crippen MR) is 94.5 cm³/mol. The van der Waals surface area contributed by atoms with Crippen LogP contribution >= 0.6 is 0 Å². The minimum Gasteiger partial charge on any atom is -0.469 e. The lowest BCUT2D eigenvalue weighted by atomic mass is 9.74. The number of ether oxygens (including phenoxy) is 1. The van der Waals surface area contributed by atoms with Crippen molar-refractivity contribution in [3.05, 3.63) is 23.8 Å². The number of piperazine rings is 1. The number of anilines is 1. The van der Waals surface area contributed by atoms with Gasteiger partial charge in [-0.05, 0) is 30.9 Å². The molecule has 2 fully saturated rings. The van der Waals surface area contributed by atoms with Crippen molar-refractivity contribution in [1.82, 2.24) is 15.2 Å². The van der Waals surface area contributed by atoms with E-state index in [1.165, 1.54) is 14.2 Å². The first-order chi connectivity index (χ1) is 12.5. The Morgan fingerprint density at radius 3 is 2.54 bits per heavy atom. The molecule has 1 aromatic rings. The van der Waals surface area contributed by atoms with E-state index in [0.717, 1.165) is 32.5 Å². The molecule has 1 aliphatic carbocycles. The summed E-state index contributed by atoms with van der Waals surface area (Å²) in [5.74, 6) is -0.513. The molecule has 8 heteroatoms. The molecular formula is C18H25FN4O3. The Labute approximate surface area is 152 Å². The highest BCUT2D eigenvalue weighted by atomic mass is 19.1. The van der Waals surface area contributed by atoms with E-state index in [-0.39, 0.29) is 17.6 Å². The third-order valence-corrected chi connectivity index (χ3v) is 5.29. The maximum atomic E-state index is 14.3. The van der Waals surface area contributed by atoms with Gasteiger partial charge in [-0.25, -0.2) is 4.98 Å². The van der Waals surface area contributed by atoms with Crippen molar-refractivity contribution in [1.29, 1.82) is 0 Å². The van der Waals surface area contributed by atoms with Gasteiger partial charge in [0.2, 0.25) is 5.95 Å². The molecule has 0 aromatic carbocycles. The lowest BCUT2D eigenvalue weighted by molar-refractivity contribution is -0.150. The zero-order chi connectivity index (χ0) is 18.7. The molecule has 1 N–H and O–H groups in total. The lowest BCUT2D eigenvalue weighted by Crippen LogP contribution is -2.49. The second-order valence-corrected chi connectivity index (χ2v) is 6.93. The number of halogens is 1. The predicted octanol–water partition coefficient (Wildman–Crippen LogP) is 0.901. The lowest BCUT2D eigenvalue weighted by Gasteiger charge is -2.41. The number of nitrogens with zero attached hydrogens (tertiary/aromatic N) is 3. The van der Waals surface area contributed by atoms with E-state index in [1.807, 2.05) is 4.90 Å². The van der Waals surface area contributed by atoms with Crippen molar-refractivity contribution in [2.45, 2.75) is 12.8 Å². The molecule has 2 heterocycles. The second-order valence-electron chi connectivity index (χ2n) is 6.93. The third-order valence-electron chi connectivity index (χ3n) is 5.29. The van der Waals surface area contributed by atoms with Gasteiger partial charge in [0.25, 0.3) is 5.91 Å². The molecule has 0 spiro atoms. The number of carbonyl (C=O) groups excluding carboxylic acids is 2. The van der Waals surface area contributed by atoms with Crippen LogP contribution in [0.3, 0.4) is 0 Å².